The molecule has 0 saturated heterocycles. The number of nitrogens with one attached hydrogen (secondary N) is 2. The van der Waals surface area contributed by atoms with E-state index in [9.17, 15) is 4.79 Å². The summed E-state index contributed by atoms with van der Waals surface area (Å²) in [6.45, 7) is 3.74. The molecule has 0 fully saturated rings. The molecular weight excluding hydrogens is 368 g/mol. The summed E-state index contributed by atoms with van der Waals surface area (Å²) in [5, 5.41) is 6.08. The number of anilines is 2. The van der Waals surface area contributed by atoms with Gasteiger partial charge in [-0.05, 0) is 37.6 Å². The van der Waals surface area contributed by atoms with Crippen LogP contribution in [0.15, 0.2) is 54.6 Å². The highest BCUT2D eigenvalue weighted by atomic mass is 16.5. The van der Waals surface area contributed by atoms with Gasteiger partial charge in [-0.1, -0.05) is 30.3 Å². The van der Waals surface area contributed by atoms with Crippen molar-refractivity contribution in [1.82, 2.24) is 15.3 Å². The van der Waals surface area contributed by atoms with Crippen LogP contribution in [-0.4, -0.2) is 30.1 Å². The number of carbonyl (C=O) groups excluding carboxylic acids is 1. The number of hydrogen-bond donors (Lipinski definition) is 2. The molecule has 2 N–H and O–H groups in total. The zero-order valence-corrected chi connectivity index (χ0v) is 16.9. The molecule has 1 atom stereocenters. The van der Waals surface area contributed by atoms with E-state index in [1.165, 1.54) is 0 Å². The Bertz CT molecular complexity index is 993. The average molecular weight is 392 g/mol. The number of carbonyl (C=O) groups is 1. The maximum absolute atomic E-state index is 12.7. The van der Waals surface area contributed by atoms with E-state index in [1.54, 1.807) is 38.5 Å². The van der Waals surface area contributed by atoms with Crippen molar-refractivity contribution in [1.29, 1.82) is 0 Å². The van der Waals surface area contributed by atoms with E-state index < -0.39 is 0 Å². The van der Waals surface area contributed by atoms with Crippen molar-refractivity contribution in [2.75, 3.05) is 19.5 Å². The summed E-state index contributed by atoms with van der Waals surface area (Å²) >= 11 is 0. The highest BCUT2D eigenvalue weighted by molar-refractivity contribution is 5.93. The highest BCUT2D eigenvalue weighted by Crippen LogP contribution is 2.30. The van der Waals surface area contributed by atoms with Crippen LogP contribution in [0.3, 0.4) is 0 Å². The van der Waals surface area contributed by atoms with E-state index in [4.69, 9.17) is 9.47 Å². The molecule has 29 heavy (non-hydrogen) atoms. The average Bonchev–Trinajstić information content (AvgIpc) is 2.73. The number of hydrogen-bond acceptors (Lipinski definition) is 6. The molecule has 1 aromatic heterocycles. The number of methoxy groups -OCH3 is 2. The first-order chi connectivity index (χ1) is 14.0. The summed E-state index contributed by atoms with van der Waals surface area (Å²) in [7, 11) is 3.17. The molecule has 1 amide bonds. The molecule has 0 saturated carbocycles. The van der Waals surface area contributed by atoms with Crippen LogP contribution in [0, 0.1) is 6.92 Å². The van der Waals surface area contributed by atoms with Crippen molar-refractivity contribution in [3.8, 4) is 11.5 Å². The van der Waals surface area contributed by atoms with Gasteiger partial charge in [0.1, 0.15) is 17.2 Å². The van der Waals surface area contributed by atoms with Gasteiger partial charge < -0.3 is 20.1 Å². The van der Waals surface area contributed by atoms with Gasteiger partial charge in [0.2, 0.25) is 5.95 Å². The Kier molecular flexibility index (Phi) is 6.29. The predicted octanol–water partition coefficient (Wildman–Crippen LogP) is 4.04. The molecule has 0 radical (unpaired) electrons. The largest absolute Gasteiger partial charge is 0.497 e. The summed E-state index contributed by atoms with van der Waals surface area (Å²) in [6, 6.07) is 16.6. The Balaban J connectivity index is 1.82. The smallest absolute Gasteiger partial charge is 0.270 e. The third kappa shape index (κ3) is 5.01. The molecule has 0 spiro atoms. The fraction of sp³-hybridized carbons (Fsp3) is 0.227. The third-order valence-corrected chi connectivity index (χ3v) is 4.39. The van der Waals surface area contributed by atoms with Gasteiger partial charge in [0.25, 0.3) is 5.91 Å². The minimum atomic E-state index is -0.271. The van der Waals surface area contributed by atoms with E-state index in [2.05, 4.69) is 20.6 Å². The Hall–Kier alpha value is -3.61. The van der Waals surface area contributed by atoms with Crippen LogP contribution in [0.25, 0.3) is 0 Å². The summed E-state index contributed by atoms with van der Waals surface area (Å²) in [4.78, 5) is 21.5. The third-order valence-electron chi connectivity index (χ3n) is 4.39. The van der Waals surface area contributed by atoms with Crippen molar-refractivity contribution < 1.29 is 14.3 Å². The second-order valence-electron chi connectivity index (χ2n) is 6.52. The van der Waals surface area contributed by atoms with Crippen molar-refractivity contribution in [3.05, 3.63) is 71.5 Å². The van der Waals surface area contributed by atoms with E-state index >= 15 is 0 Å². The maximum atomic E-state index is 12.7. The van der Waals surface area contributed by atoms with Gasteiger partial charge in [-0.25, -0.2) is 9.97 Å². The summed E-state index contributed by atoms with van der Waals surface area (Å²) in [6.07, 6.45) is 0. The quantitative estimate of drug-likeness (QED) is 0.631. The zero-order valence-electron chi connectivity index (χ0n) is 16.9. The van der Waals surface area contributed by atoms with Crippen molar-refractivity contribution >= 4 is 17.5 Å². The molecular formula is C22H24N4O3. The van der Waals surface area contributed by atoms with Crippen LogP contribution in [0.2, 0.25) is 0 Å². The van der Waals surface area contributed by atoms with Crippen LogP contribution in [-0.2, 0) is 0 Å². The molecule has 0 bridgehead atoms. The van der Waals surface area contributed by atoms with Crippen molar-refractivity contribution in [2.45, 2.75) is 19.9 Å². The number of nitrogens with zero attached hydrogens (tertiary/aromatic N) is 2. The lowest BCUT2D eigenvalue weighted by molar-refractivity contribution is 0.0934. The van der Waals surface area contributed by atoms with Gasteiger partial charge in [-0.15, -0.1) is 0 Å². The topological polar surface area (TPSA) is 85.4 Å². The highest BCUT2D eigenvalue weighted by Gasteiger charge is 2.15. The van der Waals surface area contributed by atoms with Gasteiger partial charge >= 0.3 is 0 Å². The number of rotatable bonds is 7. The van der Waals surface area contributed by atoms with Crippen LogP contribution >= 0.6 is 0 Å². The molecule has 0 aliphatic heterocycles. The molecule has 0 aliphatic rings. The van der Waals surface area contributed by atoms with Crippen molar-refractivity contribution in [3.63, 3.8) is 0 Å². The van der Waals surface area contributed by atoms with Crippen LogP contribution in [0.5, 0.6) is 11.5 Å². The second kappa shape index (κ2) is 9.05. The number of aromatic nitrogens is 2. The molecule has 3 rings (SSSR count). The number of aryl methyl sites for hydroxylation is 1. The molecule has 3 aromatic rings. The van der Waals surface area contributed by atoms with Crippen LogP contribution in [0.1, 0.15) is 34.7 Å². The second-order valence-corrected chi connectivity index (χ2v) is 6.52. The Morgan fingerprint density at radius 2 is 1.76 bits per heavy atom. The van der Waals surface area contributed by atoms with E-state index in [1.807, 2.05) is 44.2 Å². The van der Waals surface area contributed by atoms with Crippen LogP contribution < -0.4 is 20.1 Å². The standard InChI is InChI=1S/C22H24N4O3/c1-14-12-19(21(27)24-15(2)16-8-6-5-7-9-16)26-22(23-14)25-18-13-17(28-3)10-11-20(18)29-4/h5-13,15H,1-4H3,(H,24,27)(H,23,25,26). The lowest BCUT2D eigenvalue weighted by Crippen LogP contribution is -2.27. The van der Waals surface area contributed by atoms with Gasteiger partial charge in [0.05, 0.1) is 25.9 Å². The monoisotopic (exact) mass is 392 g/mol. The summed E-state index contributed by atoms with van der Waals surface area (Å²) in [5.74, 6) is 1.30. The fourth-order valence-electron chi connectivity index (χ4n) is 2.87. The Morgan fingerprint density at radius 1 is 1.00 bits per heavy atom. The van der Waals surface area contributed by atoms with Crippen molar-refractivity contribution in [2.24, 2.45) is 0 Å². The van der Waals surface area contributed by atoms with E-state index in [0.717, 1.165) is 5.56 Å². The normalized spacial score (nSPS) is 11.4. The first-order valence-corrected chi connectivity index (χ1v) is 9.20. The zero-order chi connectivity index (χ0) is 20.8. The van der Waals surface area contributed by atoms with E-state index in [-0.39, 0.29) is 17.6 Å². The van der Waals surface area contributed by atoms with Gasteiger partial charge in [0.15, 0.2) is 0 Å². The van der Waals surface area contributed by atoms with Gasteiger partial charge in [-0.3, -0.25) is 4.79 Å². The maximum Gasteiger partial charge on any atom is 0.270 e. The summed E-state index contributed by atoms with van der Waals surface area (Å²) < 4.78 is 10.6. The van der Waals surface area contributed by atoms with Gasteiger partial charge in [-0.2, -0.15) is 0 Å². The molecule has 1 unspecified atom stereocenters. The fourth-order valence-corrected chi connectivity index (χ4v) is 2.87. The van der Waals surface area contributed by atoms with E-state index in [0.29, 0.717) is 28.8 Å². The lowest BCUT2D eigenvalue weighted by atomic mass is 10.1. The first-order valence-electron chi connectivity index (χ1n) is 9.20. The number of amides is 1. The number of benzene rings is 2. The predicted molar refractivity (Wildman–Crippen MR) is 112 cm³/mol. The first kappa shape index (κ1) is 20.1. The Labute approximate surface area is 170 Å². The lowest BCUT2D eigenvalue weighted by Gasteiger charge is -2.15. The molecule has 0 aliphatic carbocycles. The van der Waals surface area contributed by atoms with Gasteiger partial charge in [0, 0.05) is 11.8 Å². The minimum Gasteiger partial charge on any atom is -0.497 e. The molecule has 2 aromatic carbocycles. The molecule has 150 valence electrons. The Morgan fingerprint density at radius 3 is 2.45 bits per heavy atom. The SMILES string of the molecule is COc1ccc(OC)c(Nc2nc(C)cc(C(=O)NC(C)c3ccccc3)n2)c1. The number of ether oxygens (including phenoxy) is 2. The summed E-state index contributed by atoms with van der Waals surface area (Å²) in [5.41, 5.74) is 2.61. The molecule has 7 nitrogen and oxygen atoms in total. The molecule has 1 heterocycles. The van der Waals surface area contributed by atoms with Crippen LogP contribution in [0.4, 0.5) is 11.6 Å². The molecule has 7 heteroatoms. The minimum absolute atomic E-state index is 0.145.